The quantitative estimate of drug-likeness (QED) is 0.539. The average molecular weight is 222 g/mol. The summed E-state index contributed by atoms with van der Waals surface area (Å²) in [5.74, 6) is 1.69. The van der Waals surface area contributed by atoms with E-state index < -0.39 is 0 Å². The van der Waals surface area contributed by atoms with Gasteiger partial charge in [0.15, 0.2) is 0 Å². The Labute approximate surface area is 95.8 Å². The van der Waals surface area contributed by atoms with Crippen LogP contribution in [-0.2, 0) is 14.3 Å². The molecule has 5 unspecified atom stereocenters. The summed E-state index contributed by atoms with van der Waals surface area (Å²) in [5.41, 5.74) is 1.05. The third-order valence-corrected chi connectivity index (χ3v) is 4.35. The van der Waals surface area contributed by atoms with Gasteiger partial charge in [-0.3, -0.25) is 4.79 Å². The predicted octanol–water partition coefficient (Wildman–Crippen LogP) is 1.78. The van der Waals surface area contributed by atoms with Gasteiger partial charge in [0, 0.05) is 5.92 Å². The fraction of sp³-hybridized carbons (Fsp3) is 0.769. The number of hydrogen-bond acceptors (Lipinski definition) is 3. The maximum atomic E-state index is 11.6. The Bertz CT molecular complexity index is 336. The zero-order valence-corrected chi connectivity index (χ0v) is 9.65. The predicted molar refractivity (Wildman–Crippen MR) is 58.7 cm³/mol. The Kier molecular flexibility index (Phi) is 2.32. The first-order chi connectivity index (χ1) is 7.66. The molecule has 3 rings (SSSR count). The van der Waals surface area contributed by atoms with Gasteiger partial charge in [-0.25, -0.2) is 0 Å². The first-order valence-corrected chi connectivity index (χ1v) is 6.09. The smallest absolute Gasteiger partial charge is 0.309 e. The van der Waals surface area contributed by atoms with Gasteiger partial charge in [-0.2, -0.15) is 0 Å². The fourth-order valence-corrected chi connectivity index (χ4v) is 3.71. The van der Waals surface area contributed by atoms with E-state index in [1.54, 1.807) is 0 Å². The molecule has 0 N–H and O–H groups in total. The summed E-state index contributed by atoms with van der Waals surface area (Å²) in [7, 11) is 0. The van der Waals surface area contributed by atoms with Gasteiger partial charge in [-0.1, -0.05) is 12.2 Å². The summed E-state index contributed by atoms with van der Waals surface area (Å²) in [6, 6.07) is 0. The van der Waals surface area contributed by atoms with Crippen LogP contribution in [0, 0.1) is 23.7 Å². The van der Waals surface area contributed by atoms with E-state index in [1.807, 2.05) is 6.92 Å². The van der Waals surface area contributed by atoms with Crippen LogP contribution in [0.5, 0.6) is 0 Å². The van der Waals surface area contributed by atoms with E-state index in [0.29, 0.717) is 31.0 Å². The van der Waals surface area contributed by atoms with E-state index >= 15 is 0 Å². The van der Waals surface area contributed by atoms with Crippen LogP contribution in [-0.4, -0.2) is 25.3 Å². The number of cyclic esters (lactones) is 1. The minimum atomic E-state index is 0.0149. The van der Waals surface area contributed by atoms with E-state index in [4.69, 9.17) is 9.47 Å². The number of rotatable bonds is 3. The highest BCUT2D eigenvalue weighted by atomic mass is 16.5. The molecule has 1 aliphatic heterocycles. The number of fused-ring (bicyclic) bond motifs is 5. The number of carbonyl (C=O) groups excluding carboxylic acids is 1. The SMILES string of the molecule is C=C(C)COC1CC2CC1C1C(=O)OCC21. The van der Waals surface area contributed by atoms with Crippen LogP contribution in [0.4, 0.5) is 0 Å². The molecule has 5 atom stereocenters. The molecule has 0 aromatic heterocycles. The van der Waals surface area contributed by atoms with Gasteiger partial charge >= 0.3 is 5.97 Å². The van der Waals surface area contributed by atoms with Crippen molar-refractivity contribution in [3.8, 4) is 0 Å². The maximum absolute atomic E-state index is 11.6. The lowest BCUT2D eigenvalue weighted by Crippen LogP contribution is -2.34. The van der Waals surface area contributed by atoms with Crippen molar-refractivity contribution in [3.63, 3.8) is 0 Å². The highest BCUT2D eigenvalue weighted by molar-refractivity contribution is 5.76. The number of ether oxygens (including phenoxy) is 2. The van der Waals surface area contributed by atoms with E-state index in [-0.39, 0.29) is 18.0 Å². The van der Waals surface area contributed by atoms with E-state index in [0.717, 1.165) is 18.4 Å². The molecule has 0 spiro atoms. The van der Waals surface area contributed by atoms with Gasteiger partial charge in [0.1, 0.15) is 0 Å². The van der Waals surface area contributed by atoms with Crippen molar-refractivity contribution in [2.45, 2.75) is 25.9 Å². The molecule has 16 heavy (non-hydrogen) atoms. The molecule has 2 bridgehead atoms. The third kappa shape index (κ3) is 1.41. The summed E-state index contributed by atoms with van der Waals surface area (Å²) >= 11 is 0. The van der Waals surface area contributed by atoms with E-state index in [2.05, 4.69) is 6.58 Å². The third-order valence-electron chi connectivity index (χ3n) is 4.35. The minimum absolute atomic E-state index is 0.0149. The van der Waals surface area contributed by atoms with Gasteiger partial charge in [0.25, 0.3) is 0 Å². The van der Waals surface area contributed by atoms with Crippen molar-refractivity contribution in [1.82, 2.24) is 0 Å². The lowest BCUT2D eigenvalue weighted by Gasteiger charge is -2.28. The Morgan fingerprint density at radius 1 is 1.50 bits per heavy atom. The number of hydrogen-bond donors (Lipinski definition) is 0. The van der Waals surface area contributed by atoms with Gasteiger partial charge < -0.3 is 9.47 Å². The molecular weight excluding hydrogens is 204 g/mol. The van der Waals surface area contributed by atoms with Crippen LogP contribution in [0.15, 0.2) is 12.2 Å². The molecule has 88 valence electrons. The average Bonchev–Trinajstić information content (AvgIpc) is 2.87. The lowest BCUT2D eigenvalue weighted by atomic mass is 9.80. The zero-order valence-electron chi connectivity index (χ0n) is 9.65. The van der Waals surface area contributed by atoms with Crippen molar-refractivity contribution >= 4 is 5.97 Å². The molecule has 0 radical (unpaired) electrons. The summed E-state index contributed by atoms with van der Waals surface area (Å²) in [4.78, 5) is 11.6. The van der Waals surface area contributed by atoms with Crippen molar-refractivity contribution in [2.75, 3.05) is 13.2 Å². The molecule has 3 nitrogen and oxygen atoms in total. The Morgan fingerprint density at radius 2 is 2.31 bits per heavy atom. The maximum Gasteiger partial charge on any atom is 0.309 e. The van der Waals surface area contributed by atoms with E-state index in [1.165, 1.54) is 0 Å². The second-order valence-electron chi connectivity index (χ2n) is 5.52. The largest absolute Gasteiger partial charge is 0.465 e. The summed E-state index contributed by atoms with van der Waals surface area (Å²) in [6.45, 7) is 7.09. The molecule has 0 aromatic carbocycles. The van der Waals surface area contributed by atoms with Gasteiger partial charge in [-0.15, -0.1) is 0 Å². The normalized spacial score (nSPS) is 44.6. The van der Waals surface area contributed by atoms with Crippen molar-refractivity contribution < 1.29 is 14.3 Å². The Morgan fingerprint density at radius 3 is 3.06 bits per heavy atom. The summed E-state index contributed by atoms with van der Waals surface area (Å²) < 4.78 is 11.0. The number of esters is 1. The molecule has 3 fully saturated rings. The highest BCUT2D eigenvalue weighted by Crippen LogP contribution is 2.55. The van der Waals surface area contributed by atoms with Crippen LogP contribution >= 0.6 is 0 Å². The Hall–Kier alpha value is -0.830. The molecule has 3 aliphatic rings. The van der Waals surface area contributed by atoms with Crippen molar-refractivity contribution in [3.05, 3.63) is 12.2 Å². The van der Waals surface area contributed by atoms with Crippen LogP contribution in [0.25, 0.3) is 0 Å². The molecule has 1 heterocycles. The molecule has 2 aliphatic carbocycles. The Balaban J connectivity index is 1.69. The van der Waals surface area contributed by atoms with Crippen molar-refractivity contribution in [2.24, 2.45) is 23.7 Å². The monoisotopic (exact) mass is 222 g/mol. The molecule has 2 saturated carbocycles. The minimum Gasteiger partial charge on any atom is -0.465 e. The van der Waals surface area contributed by atoms with Crippen LogP contribution in [0.2, 0.25) is 0 Å². The second-order valence-corrected chi connectivity index (χ2v) is 5.52. The van der Waals surface area contributed by atoms with Crippen LogP contribution in [0.3, 0.4) is 0 Å². The number of carbonyl (C=O) groups is 1. The highest BCUT2D eigenvalue weighted by Gasteiger charge is 2.59. The van der Waals surface area contributed by atoms with E-state index in [9.17, 15) is 4.79 Å². The topological polar surface area (TPSA) is 35.5 Å². The fourth-order valence-electron chi connectivity index (χ4n) is 3.71. The molecule has 1 saturated heterocycles. The first kappa shape index (κ1) is 10.3. The lowest BCUT2D eigenvalue weighted by molar-refractivity contribution is -0.144. The second kappa shape index (κ2) is 3.59. The van der Waals surface area contributed by atoms with Gasteiger partial charge in [0.2, 0.25) is 0 Å². The summed E-state index contributed by atoms with van der Waals surface area (Å²) in [5, 5.41) is 0. The van der Waals surface area contributed by atoms with Crippen LogP contribution in [0.1, 0.15) is 19.8 Å². The first-order valence-electron chi connectivity index (χ1n) is 6.09. The molecular formula is C13H18O3. The van der Waals surface area contributed by atoms with Gasteiger partial charge in [-0.05, 0) is 31.6 Å². The molecule has 0 aromatic rings. The van der Waals surface area contributed by atoms with Crippen molar-refractivity contribution in [1.29, 1.82) is 0 Å². The zero-order chi connectivity index (χ0) is 11.3. The summed E-state index contributed by atoms with van der Waals surface area (Å²) in [6.07, 6.45) is 2.52. The standard InChI is InChI=1S/C13H18O3/c1-7(2)5-15-11-4-8-3-9(11)12-10(8)6-16-13(12)14/h8-12H,1,3-6H2,2H3. The molecule has 0 amide bonds. The molecule has 3 heteroatoms. The van der Waals surface area contributed by atoms with Gasteiger partial charge in [0.05, 0.1) is 25.2 Å². The van der Waals surface area contributed by atoms with Crippen LogP contribution < -0.4 is 0 Å².